The van der Waals surface area contributed by atoms with Gasteiger partial charge >= 0.3 is 5.69 Å². The second kappa shape index (κ2) is 4.53. The number of hydrogen-bond donors (Lipinski definition) is 1. The van der Waals surface area contributed by atoms with Crippen molar-refractivity contribution < 1.29 is 0 Å². The quantitative estimate of drug-likeness (QED) is 0.760. The van der Waals surface area contributed by atoms with Crippen molar-refractivity contribution in [3.05, 3.63) is 58.8 Å². The van der Waals surface area contributed by atoms with Crippen molar-refractivity contribution in [2.24, 2.45) is 0 Å². The van der Waals surface area contributed by atoms with E-state index in [4.69, 9.17) is 0 Å². The Balaban J connectivity index is 2.32. The summed E-state index contributed by atoms with van der Waals surface area (Å²) in [5, 5.41) is 0. The highest BCUT2D eigenvalue weighted by atomic mass is 16.1. The molecule has 1 aromatic carbocycles. The number of rotatable bonds is 2. The third kappa shape index (κ3) is 1.95. The van der Waals surface area contributed by atoms with E-state index >= 15 is 0 Å². The Hall–Kier alpha value is -2.69. The van der Waals surface area contributed by atoms with Crippen LogP contribution in [0, 0.1) is 0 Å². The lowest BCUT2D eigenvalue weighted by atomic mass is 10.3. The van der Waals surface area contributed by atoms with Gasteiger partial charge in [-0.25, -0.2) is 19.3 Å². The highest BCUT2D eigenvalue weighted by Crippen LogP contribution is 2.12. The van der Waals surface area contributed by atoms with Crippen LogP contribution in [0.4, 0.5) is 0 Å². The number of allylic oxidation sites excluding steroid dienone is 1. The number of H-pyrrole nitrogens is 1. The van der Waals surface area contributed by atoms with Crippen LogP contribution in [0.2, 0.25) is 0 Å². The fourth-order valence-electron chi connectivity index (χ4n) is 1.96. The predicted molar refractivity (Wildman–Crippen MR) is 74.2 cm³/mol. The van der Waals surface area contributed by atoms with Crippen LogP contribution in [-0.4, -0.2) is 19.5 Å². The molecule has 2 aromatic heterocycles. The van der Waals surface area contributed by atoms with Crippen LogP contribution in [0.15, 0.2) is 47.4 Å². The molecule has 0 aliphatic rings. The van der Waals surface area contributed by atoms with Crippen LogP contribution < -0.4 is 5.69 Å². The molecule has 0 saturated heterocycles. The van der Waals surface area contributed by atoms with Gasteiger partial charge in [-0.2, -0.15) is 0 Å². The number of nitrogens with zero attached hydrogens (tertiary/aromatic N) is 3. The van der Waals surface area contributed by atoms with Crippen molar-refractivity contribution >= 4 is 17.4 Å². The molecule has 3 rings (SSSR count). The van der Waals surface area contributed by atoms with E-state index < -0.39 is 0 Å². The number of aromatic nitrogens is 4. The van der Waals surface area contributed by atoms with Gasteiger partial charge in [0.05, 0.1) is 17.6 Å². The molecular weight excluding hydrogens is 240 g/mol. The van der Waals surface area contributed by atoms with Crippen LogP contribution in [-0.2, 0) is 0 Å². The second-order valence-corrected chi connectivity index (χ2v) is 4.07. The zero-order chi connectivity index (χ0) is 13.2. The summed E-state index contributed by atoms with van der Waals surface area (Å²) >= 11 is 0. The number of fused-ring (bicyclic) bond motifs is 1. The highest BCUT2D eigenvalue weighted by Gasteiger charge is 2.10. The summed E-state index contributed by atoms with van der Waals surface area (Å²) in [6.07, 6.45) is 5.36. The Bertz CT molecular complexity index is 799. The molecule has 0 aliphatic heterocycles. The van der Waals surface area contributed by atoms with E-state index in [2.05, 4.69) is 15.0 Å². The molecule has 0 amide bonds. The summed E-state index contributed by atoms with van der Waals surface area (Å²) in [7, 11) is 0. The maximum atomic E-state index is 12.0. The molecule has 0 unspecified atom stereocenters. The maximum absolute atomic E-state index is 12.0. The Labute approximate surface area is 109 Å². The van der Waals surface area contributed by atoms with Crippen LogP contribution in [0.3, 0.4) is 0 Å². The Morgan fingerprint density at radius 3 is 2.79 bits per heavy atom. The van der Waals surface area contributed by atoms with E-state index in [1.807, 2.05) is 49.4 Å². The summed E-state index contributed by atoms with van der Waals surface area (Å²) in [5.74, 6) is 0. The van der Waals surface area contributed by atoms with Crippen LogP contribution >= 0.6 is 0 Å². The normalized spacial score (nSPS) is 11.4. The molecule has 0 radical (unpaired) electrons. The largest absolute Gasteiger partial charge is 0.333 e. The summed E-state index contributed by atoms with van der Waals surface area (Å²) < 4.78 is 1.52. The van der Waals surface area contributed by atoms with Gasteiger partial charge < -0.3 is 0 Å². The molecule has 0 atom stereocenters. The van der Waals surface area contributed by atoms with E-state index in [1.165, 1.54) is 4.57 Å². The molecule has 3 aromatic rings. The van der Waals surface area contributed by atoms with E-state index in [0.29, 0.717) is 11.3 Å². The van der Waals surface area contributed by atoms with Gasteiger partial charge in [0, 0.05) is 0 Å². The number of imidazole rings is 1. The molecule has 0 fully saturated rings. The molecular formula is C14H12N4O. The summed E-state index contributed by atoms with van der Waals surface area (Å²) in [4.78, 5) is 23.4. The fourth-order valence-corrected chi connectivity index (χ4v) is 1.96. The minimum atomic E-state index is -0.237. The Kier molecular flexibility index (Phi) is 2.72. The molecule has 19 heavy (non-hydrogen) atoms. The lowest BCUT2D eigenvalue weighted by Gasteiger charge is -2.01. The molecule has 5 heteroatoms. The van der Waals surface area contributed by atoms with Crippen LogP contribution in [0.1, 0.15) is 12.6 Å². The topological polar surface area (TPSA) is 63.6 Å². The molecule has 2 heterocycles. The third-order valence-corrected chi connectivity index (χ3v) is 2.76. The molecule has 0 spiro atoms. The highest BCUT2D eigenvalue weighted by molar-refractivity contribution is 5.69. The van der Waals surface area contributed by atoms with Crippen molar-refractivity contribution in [1.82, 2.24) is 19.5 Å². The predicted octanol–water partition coefficient (Wildman–Crippen LogP) is 2.14. The average Bonchev–Trinajstić information content (AvgIpc) is 2.75. The molecule has 0 saturated carbocycles. The van der Waals surface area contributed by atoms with E-state index in [0.717, 1.165) is 11.4 Å². The van der Waals surface area contributed by atoms with Gasteiger partial charge in [0.15, 0.2) is 11.3 Å². The molecule has 0 aliphatic carbocycles. The van der Waals surface area contributed by atoms with Gasteiger partial charge in [-0.05, 0) is 25.1 Å². The second-order valence-electron chi connectivity index (χ2n) is 4.07. The van der Waals surface area contributed by atoms with Crippen LogP contribution in [0.5, 0.6) is 0 Å². The molecule has 94 valence electrons. The fraction of sp³-hybridized carbons (Fsp3) is 0.0714. The standard InChI is InChI=1S/C14H12N4O/c1-2-6-10-9-15-12-13(16-10)18(14(19)17-12)11-7-4-3-5-8-11/h2-9H,1H3,(H,15,17,19)/b6-2-. The van der Waals surface area contributed by atoms with Gasteiger partial charge in [-0.1, -0.05) is 24.3 Å². The lowest BCUT2D eigenvalue weighted by Crippen LogP contribution is -2.14. The van der Waals surface area contributed by atoms with E-state index in [9.17, 15) is 4.79 Å². The van der Waals surface area contributed by atoms with Gasteiger partial charge in [-0.15, -0.1) is 0 Å². The lowest BCUT2D eigenvalue weighted by molar-refractivity contribution is 0.999. The molecule has 1 N–H and O–H groups in total. The summed E-state index contributed by atoms with van der Waals surface area (Å²) in [6.45, 7) is 1.91. The number of para-hydroxylation sites is 1. The Morgan fingerprint density at radius 1 is 1.26 bits per heavy atom. The first kappa shape index (κ1) is 11.4. The first-order valence-corrected chi connectivity index (χ1v) is 5.95. The third-order valence-electron chi connectivity index (χ3n) is 2.76. The van der Waals surface area contributed by atoms with Crippen molar-refractivity contribution in [3.63, 3.8) is 0 Å². The van der Waals surface area contributed by atoms with Crippen molar-refractivity contribution in [2.75, 3.05) is 0 Å². The van der Waals surface area contributed by atoms with Crippen LogP contribution in [0.25, 0.3) is 23.1 Å². The van der Waals surface area contributed by atoms with Crippen molar-refractivity contribution in [1.29, 1.82) is 0 Å². The smallest absolute Gasteiger partial charge is 0.288 e. The monoisotopic (exact) mass is 252 g/mol. The maximum Gasteiger partial charge on any atom is 0.333 e. The molecule has 0 bridgehead atoms. The summed E-state index contributed by atoms with van der Waals surface area (Å²) in [5.41, 5.74) is 2.28. The van der Waals surface area contributed by atoms with Crippen molar-refractivity contribution in [3.8, 4) is 5.69 Å². The van der Waals surface area contributed by atoms with E-state index in [1.54, 1.807) is 6.20 Å². The number of nitrogens with one attached hydrogen (secondary N) is 1. The van der Waals surface area contributed by atoms with Gasteiger partial charge in [-0.3, -0.25) is 4.98 Å². The number of benzene rings is 1. The summed E-state index contributed by atoms with van der Waals surface area (Å²) in [6, 6.07) is 9.38. The number of aromatic amines is 1. The zero-order valence-electron chi connectivity index (χ0n) is 10.4. The number of hydrogen-bond acceptors (Lipinski definition) is 3. The van der Waals surface area contributed by atoms with Gasteiger partial charge in [0.2, 0.25) is 0 Å². The SMILES string of the molecule is C/C=C\c1cnc2[nH]c(=O)n(-c3ccccc3)c2n1. The first-order valence-electron chi connectivity index (χ1n) is 5.95. The zero-order valence-corrected chi connectivity index (χ0v) is 10.4. The van der Waals surface area contributed by atoms with Gasteiger partial charge in [0.1, 0.15) is 0 Å². The van der Waals surface area contributed by atoms with Gasteiger partial charge in [0.25, 0.3) is 0 Å². The average molecular weight is 252 g/mol. The minimum Gasteiger partial charge on any atom is -0.288 e. The Morgan fingerprint density at radius 2 is 2.05 bits per heavy atom. The molecule has 5 nitrogen and oxygen atoms in total. The van der Waals surface area contributed by atoms with E-state index in [-0.39, 0.29) is 5.69 Å². The first-order chi connectivity index (χ1) is 9.29. The minimum absolute atomic E-state index is 0.237. The van der Waals surface area contributed by atoms with Crippen molar-refractivity contribution in [2.45, 2.75) is 6.92 Å².